The molecule has 0 aliphatic carbocycles. The summed E-state index contributed by atoms with van der Waals surface area (Å²) >= 11 is 0. The van der Waals surface area contributed by atoms with Gasteiger partial charge in [0.05, 0.1) is 18.9 Å². The van der Waals surface area contributed by atoms with E-state index in [1.165, 1.54) is 19.3 Å². The summed E-state index contributed by atoms with van der Waals surface area (Å²) < 4.78 is 11.2. The summed E-state index contributed by atoms with van der Waals surface area (Å²) in [5, 5.41) is 11.8. The molecule has 7 heteroatoms. The van der Waals surface area contributed by atoms with Crippen molar-refractivity contribution in [1.82, 2.24) is 10.2 Å². The fourth-order valence-corrected chi connectivity index (χ4v) is 3.89. The number of nitrogens with zero attached hydrogens (tertiary/aromatic N) is 3. The summed E-state index contributed by atoms with van der Waals surface area (Å²) in [5.74, 6) is 1.92. The molecule has 3 aromatic rings. The third-order valence-electron chi connectivity index (χ3n) is 5.57. The number of amides is 1. The van der Waals surface area contributed by atoms with Gasteiger partial charge in [-0.15, -0.1) is 10.2 Å². The lowest BCUT2D eigenvalue weighted by atomic mass is 10.1. The minimum atomic E-state index is -0.211. The van der Waals surface area contributed by atoms with Crippen LogP contribution in [0.3, 0.4) is 0 Å². The summed E-state index contributed by atoms with van der Waals surface area (Å²) in [5.41, 5.74) is 2.96. The molecular formula is C26H30N4O3. The van der Waals surface area contributed by atoms with Crippen LogP contribution in [0.2, 0.25) is 0 Å². The Morgan fingerprint density at radius 1 is 0.879 bits per heavy atom. The first-order valence-corrected chi connectivity index (χ1v) is 11.6. The van der Waals surface area contributed by atoms with Crippen LogP contribution in [0.1, 0.15) is 43.5 Å². The number of hydrogen-bond donors (Lipinski definition) is 1. The molecule has 0 unspecified atom stereocenters. The number of rotatable bonds is 8. The van der Waals surface area contributed by atoms with Crippen molar-refractivity contribution in [2.24, 2.45) is 0 Å². The Hall–Kier alpha value is -3.61. The van der Waals surface area contributed by atoms with Crippen molar-refractivity contribution < 1.29 is 14.3 Å². The van der Waals surface area contributed by atoms with E-state index in [4.69, 9.17) is 9.47 Å². The number of carbonyl (C=O) groups is 1. The Kier molecular flexibility index (Phi) is 7.40. The van der Waals surface area contributed by atoms with Crippen LogP contribution < -0.4 is 19.7 Å². The standard InChI is InChI=1S/C26H30N4O3/c1-3-32-23-14-10-20(18-24(23)33-4-2)26(31)27-21-11-8-19(9-12-21)22-13-15-25(29-28-22)30-16-6-5-7-17-30/h8-15,18H,3-7,16-17H2,1-2H3,(H,27,31). The van der Waals surface area contributed by atoms with Gasteiger partial charge in [0.1, 0.15) is 0 Å². The average Bonchev–Trinajstić information content (AvgIpc) is 2.86. The van der Waals surface area contributed by atoms with Crippen LogP contribution in [0.5, 0.6) is 11.5 Å². The van der Waals surface area contributed by atoms with E-state index in [0.29, 0.717) is 36.0 Å². The summed E-state index contributed by atoms with van der Waals surface area (Å²) in [6, 6.07) is 16.8. The van der Waals surface area contributed by atoms with Gasteiger partial charge in [0.15, 0.2) is 17.3 Å². The highest BCUT2D eigenvalue weighted by Crippen LogP contribution is 2.29. The molecule has 1 N–H and O–H groups in total. The lowest BCUT2D eigenvalue weighted by Gasteiger charge is -2.27. The molecule has 33 heavy (non-hydrogen) atoms. The predicted octanol–water partition coefficient (Wildman–Crippen LogP) is 5.18. The second kappa shape index (κ2) is 10.8. The normalized spacial score (nSPS) is 13.5. The van der Waals surface area contributed by atoms with Gasteiger partial charge in [0, 0.05) is 29.9 Å². The third-order valence-corrected chi connectivity index (χ3v) is 5.57. The third kappa shape index (κ3) is 5.61. The summed E-state index contributed by atoms with van der Waals surface area (Å²) in [4.78, 5) is 15.0. The van der Waals surface area contributed by atoms with E-state index in [-0.39, 0.29) is 5.91 Å². The second-order valence-corrected chi connectivity index (χ2v) is 7.88. The first-order valence-electron chi connectivity index (χ1n) is 11.6. The van der Waals surface area contributed by atoms with Crippen molar-refractivity contribution in [1.29, 1.82) is 0 Å². The highest BCUT2D eigenvalue weighted by molar-refractivity contribution is 6.04. The van der Waals surface area contributed by atoms with Gasteiger partial charge in [-0.3, -0.25) is 4.79 Å². The quantitative estimate of drug-likeness (QED) is 0.514. The number of carbonyl (C=O) groups excluding carboxylic acids is 1. The predicted molar refractivity (Wildman–Crippen MR) is 130 cm³/mol. The molecule has 0 radical (unpaired) electrons. The van der Waals surface area contributed by atoms with Gasteiger partial charge in [0.2, 0.25) is 0 Å². The smallest absolute Gasteiger partial charge is 0.255 e. The minimum Gasteiger partial charge on any atom is -0.490 e. The van der Waals surface area contributed by atoms with E-state index in [1.807, 2.05) is 50.2 Å². The highest BCUT2D eigenvalue weighted by atomic mass is 16.5. The van der Waals surface area contributed by atoms with E-state index in [1.54, 1.807) is 18.2 Å². The van der Waals surface area contributed by atoms with Crippen LogP contribution in [0.15, 0.2) is 54.6 Å². The Morgan fingerprint density at radius 3 is 2.27 bits per heavy atom. The van der Waals surface area contributed by atoms with Gasteiger partial charge < -0.3 is 19.7 Å². The number of anilines is 2. The average molecular weight is 447 g/mol. The molecule has 1 amide bonds. The molecule has 1 aliphatic rings. The van der Waals surface area contributed by atoms with Crippen LogP contribution in [0.25, 0.3) is 11.3 Å². The minimum absolute atomic E-state index is 0.211. The first-order chi connectivity index (χ1) is 16.2. The lowest BCUT2D eigenvalue weighted by molar-refractivity contribution is 0.102. The second-order valence-electron chi connectivity index (χ2n) is 7.88. The lowest BCUT2D eigenvalue weighted by Crippen LogP contribution is -2.30. The van der Waals surface area contributed by atoms with E-state index < -0.39 is 0 Å². The van der Waals surface area contributed by atoms with Gasteiger partial charge in [-0.2, -0.15) is 0 Å². The molecule has 0 atom stereocenters. The molecule has 0 saturated carbocycles. The molecule has 1 aromatic heterocycles. The van der Waals surface area contributed by atoms with E-state index in [9.17, 15) is 4.79 Å². The van der Waals surface area contributed by atoms with Crippen molar-refractivity contribution in [2.45, 2.75) is 33.1 Å². The first kappa shape index (κ1) is 22.6. The Bertz CT molecular complexity index is 1060. The maximum absolute atomic E-state index is 12.7. The Balaban J connectivity index is 1.42. The molecule has 1 fully saturated rings. The SMILES string of the molecule is CCOc1ccc(C(=O)Nc2ccc(-c3ccc(N4CCCCC4)nn3)cc2)cc1OCC. The summed E-state index contributed by atoms with van der Waals surface area (Å²) in [7, 11) is 0. The van der Waals surface area contributed by atoms with Gasteiger partial charge in [-0.05, 0) is 75.6 Å². The van der Waals surface area contributed by atoms with Gasteiger partial charge in [-0.1, -0.05) is 12.1 Å². The van der Waals surface area contributed by atoms with Crippen LogP contribution in [0.4, 0.5) is 11.5 Å². The van der Waals surface area contributed by atoms with Crippen LogP contribution >= 0.6 is 0 Å². The molecular weight excluding hydrogens is 416 g/mol. The number of ether oxygens (including phenoxy) is 2. The van der Waals surface area contributed by atoms with E-state index in [2.05, 4.69) is 20.4 Å². The van der Waals surface area contributed by atoms with Crippen molar-refractivity contribution >= 4 is 17.4 Å². The van der Waals surface area contributed by atoms with Crippen LogP contribution in [-0.2, 0) is 0 Å². The van der Waals surface area contributed by atoms with Gasteiger partial charge in [-0.25, -0.2) is 0 Å². The van der Waals surface area contributed by atoms with Crippen molar-refractivity contribution in [3.63, 3.8) is 0 Å². The molecule has 2 heterocycles. The Labute approximate surface area is 194 Å². The van der Waals surface area contributed by atoms with Crippen molar-refractivity contribution in [3.8, 4) is 22.8 Å². The largest absolute Gasteiger partial charge is 0.490 e. The van der Waals surface area contributed by atoms with Crippen LogP contribution in [-0.4, -0.2) is 42.4 Å². The number of aromatic nitrogens is 2. The summed E-state index contributed by atoms with van der Waals surface area (Å²) in [6.07, 6.45) is 3.71. The zero-order valence-electron chi connectivity index (χ0n) is 19.2. The fourth-order valence-electron chi connectivity index (χ4n) is 3.89. The maximum atomic E-state index is 12.7. The molecule has 0 bridgehead atoms. The molecule has 4 rings (SSSR count). The monoisotopic (exact) mass is 446 g/mol. The molecule has 2 aromatic carbocycles. The van der Waals surface area contributed by atoms with Gasteiger partial charge >= 0.3 is 0 Å². The molecule has 7 nitrogen and oxygen atoms in total. The van der Waals surface area contributed by atoms with E-state index in [0.717, 1.165) is 30.2 Å². The fraction of sp³-hybridized carbons (Fsp3) is 0.346. The Morgan fingerprint density at radius 2 is 1.61 bits per heavy atom. The number of hydrogen-bond acceptors (Lipinski definition) is 6. The van der Waals surface area contributed by atoms with Gasteiger partial charge in [0.25, 0.3) is 5.91 Å². The number of benzene rings is 2. The maximum Gasteiger partial charge on any atom is 0.255 e. The zero-order chi connectivity index (χ0) is 23.0. The molecule has 0 spiro atoms. The molecule has 1 aliphatic heterocycles. The topological polar surface area (TPSA) is 76.6 Å². The molecule has 172 valence electrons. The number of piperidine rings is 1. The van der Waals surface area contributed by atoms with E-state index >= 15 is 0 Å². The van der Waals surface area contributed by atoms with Crippen LogP contribution in [0, 0.1) is 0 Å². The van der Waals surface area contributed by atoms with Crippen molar-refractivity contribution in [3.05, 3.63) is 60.2 Å². The highest BCUT2D eigenvalue weighted by Gasteiger charge is 2.14. The van der Waals surface area contributed by atoms with Crippen molar-refractivity contribution in [2.75, 3.05) is 36.5 Å². The number of nitrogens with one attached hydrogen (secondary N) is 1. The zero-order valence-corrected chi connectivity index (χ0v) is 19.2. The molecule has 1 saturated heterocycles. The summed E-state index contributed by atoms with van der Waals surface area (Å²) in [6.45, 7) is 6.92.